The third-order valence-electron chi connectivity index (χ3n) is 1.92. The number of rotatable bonds is 4. The molecule has 0 radical (unpaired) electrons. The normalized spacial score (nSPS) is 12.5. The lowest BCUT2D eigenvalue weighted by atomic mass is 10.1. The molecule has 1 heterocycles. The molecule has 1 rings (SSSR count). The Morgan fingerprint density at radius 3 is 2.80 bits per heavy atom. The third kappa shape index (κ3) is 3.34. The van der Waals surface area contributed by atoms with E-state index in [1.807, 2.05) is 0 Å². The van der Waals surface area contributed by atoms with Crippen molar-refractivity contribution in [3.8, 4) is 0 Å². The van der Waals surface area contributed by atoms with Gasteiger partial charge < -0.3 is 9.84 Å². The molecular weight excluding hydrogens is 259 g/mol. The van der Waals surface area contributed by atoms with E-state index in [1.165, 1.54) is 18.4 Å². The van der Waals surface area contributed by atoms with Crippen LogP contribution in [0.1, 0.15) is 24.5 Å². The minimum atomic E-state index is -0.824. The Bertz CT molecular complexity index is 332. The van der Waals surface area contributed by atoms with Gasteiger partial charge in [0.05, 0.1) is 18.2 Å². The minimum Gasteiger partial charge on any atom is -0.469 e. The average molecular weight is 269 g/mol. The third-order valence-corrected chi connectivity index (χ3v) is 3.61. The van der Waals surface area contributed by atoms with Crippen molar-refractivity contribution in [2.45, 2.75) is 18.9 Å². The molecule has 1 aromatic rings. The Hall–Kier alpha value is -0.290. The molecule has 1 aromatic heterocycles. The van der Waals surface area contributed by atoms with Gasteiger partial charge in [-0.15, -0.1) is 11.3 Å². The molecule has 0 aliphatic heterocycles. The van der Waals surface area contributed by atoms with Crippen molar-refractivity contribution in [3.05, 3.63) is 20.3 Å². The van der Waals surface area contributed by atoms with Gasteiger partial charge in [-0.05, 0) is 6.42 Å². The summed E-state index contributed by atoms with van der Waals surface area (Å²) in [6, 6.07) is 0. The van der Waals surface area contributed by atoms with Gasteiger partial charge in [0.2, 0.25) is 0 Å². The number of methoxy groups -OCH3 is 1. The second kappa shape index (κ2) is 5.70. The van der Waals surface area contributed by atoms with E-state index in [1.54, 1.807) is 5.38 Å². The number of aliphatic hydroxyl groups is 1. The van der Waals surface area contributed by atoms with Crippen LogP contribution < -0.4 is 0 Å². The molecule has 1 N–H and O–H groups in total. The molecule has 1 unspecified atom stereocenters. The van der Waals surface area contributed by atoms with Gasteiger partial charge in [0, 0.05) is 17.4 Å². The van der Waals surface area contributed by atoms with Crippen molar-refractivity contribution in [2.24, 2.45) is 0 Å². The summed E-state index contributed by atoms with van der Waals surface area (Å²) in [6.07, 6.45) is -0.432. The number of hydrogen-bond donors (Lipinski definition) is 1. The average Bonchev–Trinajstić information content (AvgIpc) is 2.54. The molecule has 6 heteroatoms. The maximum atomic E-state index is 10.9. The number of ether oxygens (including phenoxy) is 1. The highest BCUT2D eigenvalue weighted by atomic mass is 35.5. The first-order valence-electron chi connectivity index (χ1n) is 4.23. The molecule has 0 amide bonds. The van der Waals surface area contributed by atoms with E-state index in [0.29, 0.717) is 14.9 Å². The van der Waals surface area contributed by atoms with Gasteiger partial charge in [0.1, 0.15) is 4.34 Å². The van der Waals surface area contributed by atoms with Gasteiger partial charge in [-0.1, -0.05) is 23.2 Å². The van der Waals surface area contributed by atoms with Crippen LogP contribution in [0.3, 0.4) is 0 Å². The van der Waals surface area contributed by atoms with E-state index in [9.17, 15) is 9.90 Å². The first kappa shape index (κ1) is 12.8. The van der Waals surface area contributed by atoms with Crippen LogP contribution in [0, 0.1) is 0 Å². The van der Waals surface area contributed by atoms with E-state index in [-0.39, 0.29) is 18.8 Å². The standard InChI is InChI=1S/C9H10Cl2O3S/c1-14-7(13)3-2-6(12)8-5(10)4-15-9(8)11/h4,6,12H,2-3H2,1H3. The number of thiophene rings is 1. The quantitative estimate of drug-likeness (QED) is 0.854. The zero-order valence-corrected chi connectivity index (χ0v) is 10.3. The van der Waals surface area contributed by atoms with Gasteiger partial charge in [0.25, 0.3) is 0 Å². The number of esters is 1. The predicted molar refractivity (Wildman–Crippen MR) is 60.5 cm³/mol. The van der Waals surface area contributed by atoms with Crippen LogP contribution in [0.4, 0.5) is 0 Å². The highest BCUT2D eigenvalue weighted by molar-refractivity contribution is 7.15. The molecule has 0 spiro atoms. The largest absolute Gasteiger partial charge is 0.469 e. The topological polar surface area (TPSA) is 46.5 Å². The van der Waals surface area contributed by atoms with Crippen LogP contribution in [0.25, 0.3) is 0 Å². The van der Waals surface area contributed by atoms with E-state index in [4.69, 9.17) is 23.2 Å². The molecule has 0 aromatic carbocycles. The smallest absolute Gasteiger partial charge is 0.305 e. The molecular formula is C9H10Cl2O3S. The van der Waals surface area contributed by atoms with Gasteiger partial charge in [-0.25, -0.2) is 0 Å². The van der Waals surface area contributed by atoms with Crippen LogP contribution in [-0.2, 0) is 9.53 Å². The predicted octanol–water partition coefficient (Wildman–Crippen LogP) is 3.04. The van der Waals surface area contributed by atoms with Crippen molar-refractivity contribution in [2.75, 3.05) is 7.11 Å². The highest BCUT2D eigenvalue weighted by Crippen LogP contribution is 2.37. The fraction of sp³-hybridized carbons (Fsp3) is 0.444. The summed E-state index contributed by atoms with van der Waals surface area (Å²) in [5.41, 5.74) is 0.493. The summed E-state index contributed by atoms with van der Waals surface area (Å²) >= 11 is 12.9. The molecule has 0 bridgehead atoms. The lowest BCUT2D eigenvalue weighted by Crippen LogP contribution is -2.04. The molecule has 0 aliphatic carbocycles. The van der Waals surface area contributed by atoms with Crippen LogP contribution in [0.2, 0.25) is 9.36 Å². The molecule has 1 atom stereocenters. The Balaban J connectivity index is 2.61. The zero-order chi connectivity index (χ0) is 11.4. The van der Waals surface area contributed by atoms with Crippen LogP contribution in [0.5, 0.6) is 0 Å². The molecule has 84 valence electrons. The number of carbonyl (C=O) groups excluding carboxylic acids is 1. The molecule has 0 saturated heterocycles. The van der Waals surface area contributed by atoms with Gasteiger partial charge >= 0.3 is 5.97 Å². The number of aliphatic hydroxyl groups excluding tert-OH is 1. The lowest BCUT2D eigenvalue weighted by molar-refractivity contribution is -0.141. The van der Waals surface area contributed by atoms with Gasteiger partial charge in [-0.3, -0.25) is 4.79 Å². The monoisotopic (exact) mass is 268 g/mol. The maximum Gasteiger partial charge on any atom is 0.305 e. The summed E-state index contributed by atoms with van der Waals surface area (Å²) in [6.45, 7) is 0. The van der Waals surface area contributed by atoms with Crippen molar-refractivity contribution >= 4 is 40.5 Å². The van der Waals surface area contributed by atoms with E-state index < -0.39 is 6.10 Å². The first-order chi connectivity index (χ1) is 7.06. The second-order valence-corrected chi connectivity index (χ2v) is 4.79. The molecule has 0 saturated carbocycles. The number of halogens is 2. The second-order valence-electron chi connectivity index (χ2n) is 2.90. The summed E-state index contributed by atoms with van der Waals surface area (Å²) < 4.78 is 4.92. The Labute approximate surface area is 102 Å². The van der Waals surface area contributed by atoms with Gasteiger partial charge in [-0.2, -0.15) is 0 Å². The maximum absolute atomic E-state index is 10.9. The summed E-state index contributed by atoms with van der Waals surface area (Å²) in [4.78, 5) is 10.9. The van der Waals surface area contributed by atoms with E-state index in [0.717, 1.165) is 0 Å². The lowest BCUT2D eigenvalue weighted by Gasteiger charge is -2.09. The molecule has 0 aliphatic rings. The van der Waals surface area contributed by atoms with Crippen molar-refractivity contribution < 1.29 is 14.6 Å². The zero-order valence-electron chi connectivity index (χ0n) is 8.00. The Morgan fingerprint density at radius 2 is 2.33 bits per heavy atom. The Morgan fingerprint density at radius 1 is 1.67 bits per heavy atom. The first-order valence-corrected chi connectivity index (χ1v) is 5.87. The molecule has 0 fully saturated rings. The Kier molecular flexibility index (Phi) is 4.86. The van der Waals surface area contributed by atoms with Gasteiger partial charge in [0.15, 0.2) is 0 Å². The summed E-state index contributed by atoms with van der Waals surface area (Å²) in [5.74, 6) is -0.364. The molecule has 15 heavy (non-hydrogen) atoms. The van der Waals surface area contributed by atoms with E-state index in [2.05, 4.69) is 4.74 Å². The molecule has 3 nitrogen and oxygen atoms in total. The highest BCUT2D eigenvalue weighted by Gasteiger charge is 2.18. The fourth-order valence-corrected chi connectivity index (χ4v) is 2.64. The van der Waals surface area contributed by atoms with Crippen molar-refractivity contribution in [3.63, 3.8) is 0 Å². The van der Waals surface area contributed by atoms with Crippen LogP contribution >= 0.6 is 34.5 Å². The SMILES string of the molecule is COC(=O)CCC(O)c1c(Cl)csc1Cl. The van der Waals surface area contributed by atoms with Crippen molar-refractivity contribution in [1.82, 2.24) is 0 Å². The summed E-state index contributed by atoms with van der Waals surface area (Å²) in [5, 5.41) is 11.8. The number of carbonyl (C=O) groups is 1. The van der Waals surface area contributed by atoms with Crippen LogP contribution in [-0.4, -0.2) is 18.2 Å². The van der Waals surface area contributed by atoms with E-state index >= 15 is 0 Å². The number of hydrogen-bond acceptors (Lipinski definition) is 4. The van der Waals surface area contributed by atoms with Crippen LogP contribution in [0.15, 0.2) is 5.38 Å². The fourth-order valence-electron chi connectivity index (χ4n) is 1.12. The van der Waals surface area contributed by atoms with Crippen molar-refractivity contribution in [1.29, 1.82) is 0 Å². The summed E-state index contributed by atoms with van der Waals surface area (Å²) in [7, 11) is 1.30. The minimum absolute atomic E-state index is 0.139.